The minimum absolute atomic E-state index is 1.66. The van der Waals surface area contributed by atoms with E-state index in [9.17, 15) is 76.2 Å². The molecule has 0 aliphatic heterocycles. The van der Waals surface area contributed by atoms with Crippen LogP contribution in [-0.4, -0.2) is 67.8 Å². The SMILES string of the molecule is O=C1c2c(O)c(S(=O)(=O)O)c(O)c([N+](=O)[O-])c2C(=O)c2c(O)c(S(=O)(=O)O)c(O)c([N+](=O)[O-])c21. The van der Waals surface area contributed by atoms with Gasteiger partial charge in [0, 0.05) is 0 Å². The predicted octanol–water partition coefficient (Wildman–Crippen LogP) is -0.406. The minimum Gasteiger partial charge on any atom is -0.506 e. The second-order valence-corrected chi connectivity index (χ2v) is 9.09. The van der Waals surface area contributed by atoms with Crippen molar-refractivity contribution in [3.05, 3.63) is 42.5 Å². The summed E-state index contributed by atoms with van der Waals surface area (Å²) in [6.07, 6.45) is 0. The zero-order valence-electron chi connectivity index (χ0n) is 15.5. The van der Waals surface area contributed by atoms with Crippen LogP contribution in [0, 0.1) is 20.2 Å². The molecule has 0 spiro atoms. The van der Waals surface area contributed by atoms with Crippen LogP contribution in [0.25, 0.3) is 0 Å². The Morgan fingerprint density at radius 2 is 0.824 bits per heavy atom. The second-order valence-electron chi connectivity index (χ2n) is 6.37. The second kappa shape index (κ2) is 7.05. The van der Waals surface area contributed by atoms with Crippen LogP contribution >= 0.6 is 0 Å². The molecule has 34 heavy (non-hydrogen) atoms. The van der Waals surface area contributed by atoms with Gasteiger partial charge in [-0.25, -0.2) is 0 Å². The van der Waals surface area contributed by atoms with Crippen LogP contribution in [0.15, 0.2) is 9.79 Å². The van der Waals surface area contributed by atoms with E-state index in [0.717, 1.165) is 0 Å². The van der Waals surface area contributed by atoms with Gasteiger partial charge in [0.25, 0.3) is 0 Å². The fraction of sp³-hybridized carbons (Fsp3) is 0. The van der Waals surface area contributed by atoms with E-state index < -0.39 is 108 Å². The first kappa shape index (κ1) is 24.2. The first-order chi connectivity index (χ1) is 15.4. The van der Waals surface area contributed by atoms with E-state index >= 15 is 0 Å². The molecule has 0 unspecified atom stereocenters. The Bertz CT molecular complexity index is 1500. The van der Waals surface area contributed by atoms with Gasteiger partial charge in [-0.1, -0.05) is 0 Å². The average Bonchev–Trinajstić information content (AvgIpc) is 2.62. The standard InChI is InChI=1S/C14H6N2O16S2/c17-7-1-3(9(19)13(33(27,28)29)11(21)5(1)15(23)24)8(18)2-4(7)10(20)14(34(30,31)32)12(22)6(2)16(25)26/h19-22H,(H,27,28,29)(H,30,31,32). The van der Waals surface area contributed by atoms with Gasteiger partial charge in [0.2, 0.25) is 23.1 Å². The van der Waals surface area contributed by atoms with Crippen LogP contribution in [0.2, 0.25) is 0 Å². The van der Waals surface area contributed by atoms with Crippen molar-refractivity contribution in [3.8, 4) is 23.0 Å². The van der Waals surface area contributed by atoms with Gasteiger partial charge in [0.15, 0.2) is 21.3 Å². The lowest BCUT2D eigenvalue weighted by atomic mass is 9.81. The molecule has 0 amide bonds. The summed E-state index contributed by atoms with van der Waals surface area (Å²) in [5.41, 5.74) is -10.6. The maximum atomic E-state index is 13.0. The quantitative estimate of drug-likeness (QED) is 0.144. The number of ketones is 2. The molecule has 1 aliphatic carbocycles. The number of hydrogen-bond donors (Lipinski definition) is 6. The predicted molar refractivity (Wildman–Crippen MR) is 99.3 cm³/mol. The normalized spacial score (nSPS) is 13.4. The van der Waals surface area contributed by atoms with Crippen LogP contribution in [-0.2, 0) is 20.2 Å². The van der Waals surface area contributed by atoms with Gasteiger partial charge < -0.3 is 20.4 Å². The molecule has 0 aromatic heterocycles. The van der Waals surface area contributed by atoms with Crippen LogP contribution < -0.4 is 0 Å². The molecular formula is C14H6N2O16S2. The number of carbonyl (C=O) groups is 2. The Hall–Kier alpha value is -4.40. The number of benzene rings is 2. The highest BCUT2D eigenvalue weighted by Gasteiger charge is 2.50. The summed E-state index contributed by atoms with van der Waals surface area (Å²) in [6.45, 7) is 0. The van der Waals surface area contributed by atoms with E-state index in [1.807, 2.05) is 0 Å². The summed E-state index contributed by atoms with van der Waals surface area (Å²) in [6, 6.07) is 0. The number of nitro groups is 2. The smallest absolute Gasteiger partial charge is 0.324 e. The van der Waals surface area contributed by atoms with Gasteiger partial charge in [0.1, 0.15) is 11.1 Å². The molecule has 0 radical (unpaired) electrons. The van der Waals surface area contributed by atoms with Crippen molar-refractivity contribution in [2.45, 2.75) is 9.79 Å². The van der Waals surface area contributed by atoms with E-state index in [2.05, 4.69) is 0 Å². The highest BCUT2D eigenvalue weighted by molar-refractivity contribution is 7.86. The summed E-state index contributed by atoms with van der Waals surface area (Å²) in [5.74, 6) is -12.2. The molecule has 18 nitrogen and oxygen atoms in total. The Morgan fingerprint density at radius 1 is 0.559 bits per heavy atom. The fourth-order valence-corrected chi connectivity index (χ4v) is 4.73. The number of rotatable bonds is 4. The number of phenols is 4. The summed E-state index contributed by atoms with van der Waals surface area (Å²) in [5, 5.41) is 63.3. The van der Waals surface area contributed by atoms with Gasteiger partial charge in [-0.3, -0.25) is 38.9 Å². The number of fused-ring (bicyclic) bond motifs is 2. The van der Waals surface area contributed by atoms with E-state index in [1.54, 1.807) is 0 Å². The average molecular weight is 522 g/mol. The third kappa shape index (κ3) is 3.08. The molecule has 0 atom stereocenters. The van der Waals surface area contributed by atoms with Gasteiger partial charge >= 0.3 is 31.6 Å². The fourth-order valence-electron chi connectivity index (χ4n) is 3.36. The summed E-state index contributed by atoms with van der Waals surface area (Å²) >= 11 is 0. The zero-order chi connectivity index (χ0) is 26.2. The number of hydrogen-bond acceptors (Lipinski definition) is 14. The molecule has 2 aromatic rings. The van der Waals surface area contributed by atoms with Gasteiger partial charge in [-0.05, 0) is 0 Å². The zero-order valence-corrected chi connectivity index (χ0v) is 17.1. The number of carbonyl (C=O) groups excluding carboxylic acids is 2. The molecular weight excluding hydrogens is 516 g/mol. The van der Waals surface area contributed by atoms with Gasteiger partial charge in [-0.15, -0.1) is 0 Å². The number of phenolic OH excluding ortho intramolecular Hbond substituents is 4. The molecule has 0 bridgehead atoms. The maximum Gasteiger partial charge on any atom is 0.324 e. The molecule has 0 saturated carbocycles. The summed E-state index contributed by atoms with van der Waals surface area (Å²) in [7, 11) is -11.5. The van der Waals surface area contributed by atoms with Crippen molar-refractivity contribution in [3.63, 3.8) is 0 Å². The number of nitro benzene ring substituents is 2. The van der Waals surface area contributed by atoms with Crippen LogP contribution in [0.4, 0.5) is 11.4 Å². The lowest BCUT2D eigenvalue weighted by Crippen LogP contribution is -2.26. The third-order valence-electron chi connectivity index (χ3n) is 4.55. The largest absolute Gasteiger partial charge is 0.506 e. The van der Waals surface area contributed by atoms with E-state index in [-0.39, 0.29) is 0 Å². The number of aromatic hydroxyl groups is 4. The first-order valence-corrected chi connectivity index (χ1v) is 10.8. The van der Waals surface area contributed by atoms with Crippen LogP contribution in [0.1, 0.15) is 31.8 Å². The van der Waals surface area contributed by atoms with E-state index in [4.69, 9.17) is 0 Å². The maximum absolute atomic E-state index is 13.0. The van der Waals surface area contributed by atoms with Crippen molar-refractivity contribution >= 4 is 43.2 Å². The van der Waals surface area contributed by atoms with Crippen molar-refractivity contribution in [2.75, 3.05) is 0 Å². The summed E-state index contributed by atoms with van der Waals surface area (Å²) < 4.78 is 64.6. The lowest BCUT2D eigenvalue weighted by Gasteiger charge is -2.22. The molecule has 0 fully saturated rings. The van der Waals surface area contributed by atoms with Crippen LogP contribution in [0.5, 0.6) is 23.0 Å². The molecule has 2 aromatic carbocycles. The van der Waals surface area contributed by atoms with Crippen molar-refractivity contribution in [1.29, 1.82) is 0 Å². The van der Waals surface area contributed by atoms with Crippen molar-refractivity contribution < 1.29 is 65.8 Å². The van der Waals surface area contributed by atoms with Crippen molar-refractivity contribution in [1.82, 2.24) is 0 Å². The molecule has 1 aliphatic rings. The van der Waals surface area contributed by atoms with Crippen molar-refractivity contribution in [2.24, 2.45) is 0 Å². The topological polar surface area (TPSA) is 310 Å². The Morgan fingerprint density at radius 3 is 1.03 bits per heavy atom. The minimum atomic E-state index is -5.75. The third-order valence-corrected chi connectivity index (χ3v) is 6.35. The number of nitrogens with zero attached hydrogens (tertiary/aromatic N) is 2. The Balaban J connectivity index is 2.72. The van der Waals surface area contributed by atoms with Crippen LogP contribution in [0.3, 0.4) is 0 Å². The summed E-state index contributed by atoms with van der Waals surface area (Å²) in [4.78, 5) is 41.5. The molecule has 0 heterocycles. The molecule has 6 N–H and O–H groups in total. The highest BCUT2D eigenvalue weighted by Crippen LogP contribution is 2.53. The first-order valence-electron chi connectivity index (χ1n) is 7.92. The molecule has 20 heteroatoms. The monoisotopic (exact) mass is 522 g/mol. The molecule has 0 saturated heterocycles. The highest BCUT2D eigenvalue weighted by atomic mass is 32.2. The van der Waals surface area contributed by atoms with Gasteiger partial charge in [0.05, 0.1) is 21.0 Å². The Kier molecular flexibility index (Phi) is 5.03. The van der Waals surface area contributed by atoms with E-state index in [0.29, 0.717) is 0 Å². The Labute approximate surface area is 184 Å². The van der Waals surface area contributed by atoms with E-state index in [1.165, 1.54) is 0 Å². The lowest BCUT2D eigenvalue weighted by molar-refractivity contribution is -0.386. The molecule has 3 rings (SSSR count). The molecule has 180 valence electrons. The van der Waals surface area contributed by atoms with Gasteiger partial charge in [-0.2, -0.15) is 16.8 Å².